The molecule has 1 aromatic rings. The number of nitrogens with zero attached hydrogens (tertiary/aromatic N) is 1. The quantitative estimate of drug-likeness (QED) is 0.845. The van der Waals surface area contributed by atoms with Crippen molar-refractivity contribution in [1.82, 2.24) is 10.2 Å². The molecule has 0 bridgehead atoms. The summed E-state index contributed by atoms with van der Waals surface area (Å²) in [6.45, 7) is 2.69. The first kappa shape index (κ1) is 15.0. The van der Waals surface area contributed by atoms with E-state index < -0.39 is 5.41 Å². The summed E-state index contributed by atoms with van der Waals surface area (Å²) in [5, 5.41) is 2.45. The lowest BCUT2D eigenvalue weighted by Crippen LogP contribution is -2.43. The van der Waals surface area contributed by atoms with Crippen molar-refractivity contribution in [3.05, 3.63) is 35.9 Å². The summed E-state index contributed by atoms with van der Waals surface area (Å²) in [6.07, 6.45) is 1.96. The molecule has 3 rings (SSSR count). The molecule has 2 heterocycles. The van der Waals surface area contributed by atoms with Crippen LogP contribution >= 0.6 is 12.4 Å². The van der Waals surface area contributed by atoms with E-state index in [9.17, 15) is 9.59 Å². The van der Waals surface area contributed by atoms with Gasteiger partial charge in [0.25, 0.3) is 0 Å². The van der Waals surface area contributed by atoms with Gasteiger partial charge in [-0.2, -0.15) is 0 Å². The molecule has 1 spiro atoms. The van der Waals surface area contributed by atoms with Crippen molar-refractivity contribution in [3.63, 3.8) is 0 Å². The van der Waals surface area contributed by atoms with E-state index in [-0.39, 0.29) is 24.2 Å². The average molecular weight is 295 g/mol. The molecule has 0 atom stereocenters. The average Bonchev–Trinajstić information content (AvgIpc) is 2.68. The molecule has 20 heavy (non-hydrogen) atoms. The fraction of sp³-hybridized carbons (Fsp3) is 0.467. The lowest BCUT2D eigenvalue weighted by atomic mass is 9.77. The van der Waals surface area contributed by atoms with Crippen LogP contribution in [0.5, 0.6) is 0 Å². The molecule has 0 unspecified atom stereocenters. The van der Waals surface area contributed by atoms with Gasteiger partial charge in [0.1, 0.15) is 0 Å². The topological polar surface area (TPSA) is 49.4 Å². The number of benzene rings is 1. The largest absolute Gasteiger partial charge is 0.299 e. The molecular weight excluding hydrogens is 276 g/mol. The second-order valence-corrected chi connectivity index (χ2v) is 5.60. The number of hydrogen-bond acceptors (Lipinski definition) is 3. The Bertz CT molecular complexity index is 496. The highest BCUT2D eigenvalue weighted by Crippen LogP contribution is 2.38. The fourth-order valence-electron chi connectivity index (χ4n) is 3.08. The predicted octanol–water partition coefficient (Wildman–Crippen LogP) is 1.74. The Morgan fingerprint density at radius 1 is 1.10 bits per heavy atom. The van der Waals surface area contributed by atoms with Crippen LogP contribution in [-0.4, -0.2) is 29.8 Å². The smallest absolute Gasteiger partial charge is 0.233 e. The second-order valence-electron chi connectivity index (χ2n) is 5.60. The third-order valence-electron chi connectivity index (χ3n) is 4.30. The van der Waals surface area contributed by atoms with Gasteiger partial charge in [-0.15, -0.1) is 12.4 Å². The molecule has 1 N–H and O–H groups in total. The molecule has 0 radical (unpaired) electrons. The standard InChI is InChI=1S/C15H18N2O2.ClH/c18-13-10-15(14(19)16-13)6-8-17(9-7-15)11-12-4-2-1-3-5-12;/h1-5H,6-11H2,(H,16,18,19);1H. The van der Waals surface area contributed by atoms with Crippen LogP contribution in [0.4, 0.5) is 0 Å². The molecule has 4 nitrogen and oxygen atoms in total. The van der Waals surface area contributed by atoms with E-state index >= 15 is 0 Å². The Morgan fingerprint density at radius 3 is 2.30 bits per heavy atom. The third kappa shape index (κ3) is 2.86. The molecule has 5 heteroatoms. The molecule has 2 aliphatic heterocycles. The highest BCUT2D eigenvalue weighted by molar-refractivity contribution is 6.05. The third-order valence-corrected chi connectivity index (χ3v) is 4.30. The van der Waals surface area contributed by atoms with Crippen LogP contribution in [0.3, 0.4) is 0 Å². The lowest BCUT2D eigenvalue weighted by molar-refractivity contribution is -0.130. The predicted molar refractivity (Wildman–Crippen MR) is 78.4 cm³/mol. The van der Waals surface area contributed by atoms with Gasteiger partial charge in [0.15, 0.2) is 0 Å². The molecule has 2 amide bonds. The van der Waals surface area contributed by atoms with Crippen LogP contribution in [-0.2, 0) is 16.1 Å². The molecule has 0 aromatic heterocycles. The normalized spacial score (nSPS) is 21.6. The summed E-state index contributed by atoms with van der Waals surface area (Å²) < 4.78 is 0. The zero-order valence-electron chi connectivity index (χ0n) is 11.3. The van der Waals surface area contributed by atoms with Crippen LogP contribution in [0.1, 0.15) is 24.8 Å². The highest BCUT2D eigenvalue weighted by atomic mass is 35.5. The van der Waals surface area contributed by atoms with E-state index in [1.807, 2.05) is 18.2 Å². The van der Waals surface area contributed by atoms with Crippen molar-refractivity contribution in [2.24, 2.45) is 5.41 Å². The van der Waals surface area contributed by atoms with E-state index in [1.54, 1.807) is 0 Å². The van der Waals surface area contributed by atoms with E-state index in [0.29, 0.717) is 6.42 Å². The van der Waals surface area contributed by atoms with Crippen LogP contribution in [0.2, 0.25) is 0 Å². The summed E-state index contributed by atoms with van der Waals surface area (Å²) in [7, 11) is 0. The van der Waals surface area contributed by atoms with Gasteiger partial charge in [0, 0.05) is 13.0 Å². The van der Waals surface area contributed by atoms with Gasteiger partial charge in [-0.1, -0.05) is 30.3 Å². The minimum absolute atomic E-state index is 0. The first-order valence-electron chi connectivity index (χ1n) is 6.79. The van der Waals surface area contributed by atoms with E-state index in [4.69, 9.17) is 0 Å². The fourth-order valence-corrected chi connectivity index (χ4v) is 3.08. The number of likely N-dealkylation sites (tertiary alicyclic amines) is 1. The van der Waals surface area contributed by atoms with Gasteiger partial charge >= 0.3 is 0 Å². The van der Waals surface area contributed by atoms with Gasteiger partial charge in [0.2, 0.25) is 11.8 Å². The number of piperidine rings is 1. The van der Waals surface area contributed by atoms with Crippen molar-refractivity contribution >= 4 is 24.2 Å². The van der Waals surface area contributed by atoms with E-state index in [0.717, 1.165) is 32.5 Å². The maximum absolute atomic E-state index is 11.9. The van der Waals surface area contributed by atoms with Crippen LogP contribution in [0.15, 0.2) is 30.3 Å². The second kappa shape index (κ2) is 5.94. The van der Waals surface area contributed by atoms with Crippen molar-refractivity contribution in [1.29, 1.82) is 0 Å². The molecule has 1 aromatic carbocycles. The maximum Gasteiger partial charge on any atom is 0.233 e. The molecule has 0 aliphatic carbocycles. The number of nitrogens with one attached hydrogen (secondary N) is 1. The van der Waals surface area contributed by atoms with Crippen LogP contribution < -0.4 is 5.32 Å². The number of carbonyl (C=O) groups excluding carboxylic acids is 2. The van der Waals surface area contributed by atoms with Gasteiger partial charge in [0.05, 0.1) is 5.41 Å². The highest BCUT2D eigenvalue weighted by Gasteiger charge is 2.47. The minimum atomic E-state index is -0.412. The van der Waals surface area contributed by atoms with Crippen molar-refractivity contribution in [3.8, 4) is 0 Å². The number of carbonyl (C=O) groups is 2. The van der Waals surface area contributed by atoms with Gasteiger partial charge < -0.3 is 0 Å². The molecule has 108 valence electrons. The summed E-state index contributed by atoms with van der Waals surface area (Å²) in [6, 6.07) is 10.4. The van der Waals surface area contributed by atoms with E-state index in [1.165, 1.54) is 5.56 Å². The number of rotatable bonds is 2. The van der Waals surface area contributed by atoms with Crippen molar-refractivity contribution in [2.75, 3.05) is 13.1 Å². The maximum atomic E-state index is 11.9. The number of hydrogen-bond donors (Lipinski definition) is 1. The Kier molecular flexibility index (Phi) is 4.45. The number of halogens is 1. The zero-order valence-corrected chi connectivity index (χ0v) is 12.1. The summed E-state index contributed by atoms with van der Waals surface area (Å²) in [4.78, 5) is 25.6. The first-order chi connectivity index (χ1) is 9.18. The Morgan fingerprint density at radius 2 is 1.75 bits per heavy atom. The van der Waals surface area contributed by atoms with Gasteiger partial charge in [-0.3, -0.25) is 19.8 Å². The molecule has 2 aliphatic rings. The van der Waals surface area contributed by atoms with Crippen LogP contribution in [0, 0.1) is 5.41 Å². The number of imide groups is 1. The Hall–Kier alpha value is -1.39. The minimum Gasteiger partial charge on any atom is -0.299 e. The summed E-state index contributed by atoms with van der Waals surface area (Å²) in [5.74, 6) is -0.168. The van der Waals surface area contributed by atoms with Gasteiger partial charge in [-0.25, -0.2) is 0 Å². The number of amides is 2. The Balaban J connectivity index is 0.00000147. The van der Waals surface area contributed by atoms with Gasteiger partial charge in [-0.05, 0) is 31.5 Å². The molecule has 2 fully saturated rings. The molecular formula is C15H19ClN2O2. The molecule has 2 saturated heterocycles. The van der Waals surface area contributed by atoms with Crippen molar-refractivity contribution < 1.29 is 9.59 Å². The zero-order chi connectivity index (χ0) is 13.3. The Labute approximate surface area is 124 Å². The SMILES string of the molecule is Cl.O=C1CC2(CCN(Cc3ccccc3)CC2)C(=O)N1. The summed E-state index contributed by atoms with van der Waals surface area (Å²) >= 11 is 0. The van der Waals surface area contributed by atoms with Crippen molar-refractivity contribution in [2.45, 2.75) is 25.8 Å². The lowest BCUT2D eigenvalue weighted by Gasteiger charge is -2.36. The molecule has 0 saturated carbocycles. The summed E-state index contributed by atoms with van der Waals surface area (Å²) in [5.41, 5.74) is 0.884. The first-order valence-corrected chi connectivity index (χ1v) is 6.79. The van der Waals surface area contributed by atoms with E-state index in [2.05, 4.69) is 22.3 Å². The van der Waals surface area contributed by atoms with Crippen LogP contribution in [0.25, 0.3) is 0 Å². The monoisotopic (exact) mass is 294 g/mol.